The Balaban J connectivity index is 1.20. The van der Waals surface area contributed by atoms with Gasteiger partial charge in [0.25, 0.3) is 23.6 Å². The highest BCUT2D eigenvalue weighted by Gasteiger charge is 2.26. The van der Waals surface area contributed by atoms with Crippen molar-refractivity contribution in [2.75, 3.05) is 44.5 Å². The SMILES string of the molecule is CCn1nc(C)cc1C(=O)Nc1nc2cc(C(=O)O)cc(OC)c2n1C/C=C/Cn1c(NC(=O)c2cc(C)nn2CC)nc2cc(C(N)=O)cc(OCCCN(C)C(=O)CCN3C(=O)C=CC3=O)c21. The first-order chi connectivity index (χ1) is 33.0. The van der Waals surface area contributed by atoms with Crippen LogP contribution in [0, 0.1) is 13.8 Å². The van der Waals surface area contributed by atoms with Gasteiger partial charge in [0.05, 0.1) is 41.7 Å². The fourth-order valence-electron chi connectivity index (χ4n) is 7.83. The molecular weight excluding hydrogens is 895 g/mol. The van der Waals surface area contributed by atoms with Crippen LogP contribution in [0.1, 0.15) is 79.8 Å². The van der Waals surface area contributed by atoms with Crippen molar-refractivity contribution >= 4 is 75.4 Å². The molecule has 6 aromatic rings. The predicted octanol–water partition coefficient (Wildman–Crippen LogP) is 3.54. The van der Waals surface area contributed by atoms with Crippen LogP contribution in [0.2, 0.25) is 0 Å². The number of hydrogen-bond donors (Lipinski definition) is 4. The predicted molar refractivity (Wildman–Crippen MR) is 250 cm³/mol. The largest absolute Gasteiger partial charge is 0.494 e. The van der Waals surface area contributed by atoms with E-state index in [-0.39, 0.29) is 96.4 Å². The van der Waals surface area contributed by atoms with Gasteiger partial charge in [-0.25, -0.2) is 14.8 Å². The quantitative estimate of drug-likeness (QED) is 0.0456. The van der Waals surface area contributed by atoms with Crippen LogP contribution in [0.15, 0.2) is 60.7 Å². The van der Waals surface area contributed by atoms with E-state index in [9.17, 15) is 38.7 Å². The van der Waals surface area contributed by atoms with Gasteiger partial charge in [-0.15, -0.1) is 0 Å². The number of primary amides is 1. The highest BCUT2D eigenvalue weighted by Crippen LogP contribution is 2.33. The molecule has 0 spiro atoms. The lowest BCUT2D eigenvalue weighted by atomic mass is 10.1. The zero-order valence-corrected chi connectivity index (χ0v) is 38.8. The summed E-state index contributed by atoms with van der Waals surface area (Å²) < 4.78 is 18.4. The minimum absolute atomic E-state index is 0.0513. The van der Waals surface area contributed by atoms with Crippen molar-refractivity contribution in [3.05, 3.63) is 94.6 Å². The number of rotatable bonds is 21. The lowest BCUT2D eigenvalue weighted by Crippen LogP contribution is -2.36. The summed E-state index contributed by atoms with van der Waals surface area (Å²) >= 11 is 0. The van der Waals surface area contributed by atoms with Gasteiger partial charge in [-0.3, -0.25) is 53.7 Å². The summed E-state index contributed by atoms with van der Waals surface area (Å²) in [6.45, 7) is 8.49. The summed E-state index contributed by atoms with van der Waals surface area (Å²) in [6.07, 6.45) is 6.13. The second-order valence-corrected chi connectivity index (χ2v) is 15.9. The van der Waals surface area contributed by atoms with E-state index in [4.69, 9.17) is 20.2 Å². The van der Waals surface area contributed by atoms with Crippen LogP contribution >= 0.6 is 0 Å². The molecule has 23 nitrogen and oxygen atoms in total. The van der Waals surface area contributed by atoms with Crippen molar-refractivity contribution < 1.29 is 48.1 Å². The van der Waals surface area contributed by atoms with Crippen molar-refractivity contribution in [3.8, 4) is 11.5 Å². The summed E-state index contributed by atoms with van der Waals surface area (Å²) in [5.41, 5.74) is 8.93. The van der Waals surface area contributed by atoms with Crippen molar-refractivity contribution in [2.45, 2.75) is 66.7 Å². The van der Waals surface area contributed by atoms with Gasteiger partial charge in [0, 0.05) is 70.5 Å². The number of carboxylic acids is 1. The number of aromatic nitrogens is 8. The van der Waals surface area contributed by atoms with Crippen molar-refractivity contribution in [1.82, 2.24) is 48.5 Å². The molecule has 5 N–H and O–H groups in total. The molecular formula is C46H51N13O10. The zero-order chi connectivity index (χ0) is 49.7. The summed E-state index contributed by atoms with van der Waals surface area (Å²) in [5.74, 6) is -3.59. The maximum atomic E-state index is 13.9. The standard InChI is InChI=1S/C46H51N13O10/c1-7-58-32(20-26(3)52-58)42(64)50-45-49-31-23-29(44(66)67)25-34(68-6)39(31)56(45)16-9-10-17-57-40-30(48-46(57)51-43(65)33-21-27(4)53-59(33)8-2)22-28(41(47)63)24-35(40)69-19-11-15-54(5)36(60)14-18-55-37(61)12-13-38(55)62/h9-10,12-13,20-25H,7-8,11,14-19H2,1-6H3,(H2,47,63)(H,66,67)(H,48,51,65)(H,49,50,64)/b10-9+. The van der Waals surface area contributed by atoms with Crippen LogP contribution in [0.3, 0.4) is 0 Å². The van der Waals surface area contributed by atoms with E-state index in [1.165, 1.54) is 36.3 Å². The van der Waals surface area contributed by atoms with E-state index in [1.54, 1.807) is 63.7 Å². The average Bonchev–Trinajstić information content (AvgIpc) is 4.14. The molecule has 5 heterocycles. The van der Waals surface area contributed by atoms with Crippen LogP contribution in [-0.4, -0.2) is 129 Å². The number of amides is 6. The molecule has 6 amide bonds. The van der Waals surface area contributed by atoms with Gasteiger partial charge >= 0.3 is 5.97 Å². The Morgan fingerprint density at radius 3 is 1.77 bits per heavy atom. The maximum Gasteiger partial charge on any atom is 0.335 e. The lowest BCUT2D eigenvalue weighted by Gasteiger charge is -2.19. The number of imide groups is 1. The third-order valence-electron chi connectivity index (χ3n) is 11.2. The number of hydrogen-bond acceptors (Lipinski definition) is 13. The lowest BCUT2D eigenvalue weighted by molar-refractivity contribution is -0.138. The molecule has 0 unspecified atom stereocenters. The number of carbonyl (C=O) groups is 7. The molecule has 0 bridgehead atoms. The molecule has 4 aromatic heterocycles. The minimum Gasteiger partial charge on any atom is -0.494 e. The number of carbonyl (C=O) groups excluding carboxylic acids is 6. The number of methoxy groups -OCH3 is 1. The van der Waals surface area contributed by atoms with Gasteiger partial charge in [-0.2, -0.15) is 10.2 Å². The number of nitrogens with two attached hydrogens (primary N) is 1. The van der Waals surface area contributed by atoms with Crippen LogP contribution < -0.4 is 25.8 Å². The number of allylic oxidation sites excluding steroid dienone is 2. The Morgan fingerprint density at radius 2 is 1.28 bits per heavy atom. The molecule has 7 rings (SSSR count). The van der Waals surface area contributed by atoms with Crippen LogP contribution in [-0.2, 0) is 40.6 Å². The van der Waals surface area contributed by atoms with Crippen molar-refractivity contribution in [1.29, 1.82) is 0 Å². The number of nitrogens with one attached hydrogen (secondary N) is 2. The van der Waals surface area contributed by atoms with Gasteiger partial charge in [0.2, 0.25) is 23.7 Å². The summed E-state index contributed by atoms with van der Waals surface area (Å²) in [6, 6.07) is 8.99. The number of nitrogens with zero attached hydrogens (tertiary/aromatic N) is 10. The average molecular weight is 946 g/mol. The number of aryl methyl sites for hydroxylation is 4. The Kier molecular flexibility index (Phi) is 14.3. The third-order valence-corrected chi connectivity index (χ3v) is 11.2. The number of imidazole rings is 2. The number of fused-ring (bicyclic) bond motifs is 2. The number of carboxylic acid groups (broad SMARTS) is 1. The van der Waals surface area contributed by atoms with Crippen LogP contribution in [0.5, 0.6) is 11.5 Å². The molecule has 1 aliphatic rings. The van der Waals surface area contributed by atoms with Gasteiger partial charge in [-0.05, 0) is 70.5 Å². The van der Waals surface area contributed by atoms with E-state index in [0.717, 1.165) is 17.1 Å². The fraction of sp³-hybridized carbons (Fsp3) is 0.326. The zero-order valence-electron chi connectivity index (χ0n) is 38.8. The fourth-order valence-corrected chi connectivity index (χ4v) is 7.83. The molecule has 0 fully saturated rings. The van der Waals surface area contributed by atoms with Crippen molar-refractivity contribution in [2.24, 2.45) is 5.73 Å². The monoisotopic (exact) mass is 945 g/mol. The first-order valence-electron chi connectivity index (χ1n) is 21.9. The van der Waals surface area contributed by atoms with E-state index < -0.39 is 35.5 Å². The summed E-state index contributed by atoms with van der Waals surface area (Å²) in [4.78, 5) is 101. The van der Waals surface area contributed by atoms with E-state index in [1.807, 2.05) is 13.8 Å². The Labute approximate surface area is 394 Å². The van der Waals surface area contributed by atoms with E-state index in [0.29, 0.717) is 47.6 Å². The van der Waals surface area contributed by atoms with Gasteiger partial charge in [0.1, 0.15) is 33.9 Å². The number of benzene rings is 2. The first-order valence-corrected chi connectivity index (χ1v) is 21.9. The van der Waals surface area contributed by atoms with Crippen LogP contribution in [0.25, 0.3) is 22.1 Å². The highest BCUT2D eigenvalue weighted by molar-refractivity contribution is 6.13. The second-order valence-electron chi connectivity index (χ2n) is 15.9. The minimum atomic E-state index is -1.20. The molecule has 0 aliphatic carbocycles. The Morgan fingerprint density at radius 1 is 0.768 bits per heavy atom. The van der Waals surface area contributed by atoms with Gasteiger partial charge in [0.15, 0.2) is 0 Å². The molecule has 0 radical (unpaired) electrons. The normalized spacial score (nSPS) is 12.5. The number of ether oxygens (including phenoxy) is 2. The smallest absolute Gasteiger partial charge is 0.335 e. The molecule has 2 aromatic carbocycles. The van der Waals surface area contributed by atoms with Crippen molar-refractivity contribution in [3.63, 3.8) is 0 Å². The molecule has 69 heavy (non-hydrogen) atoms. The molecule has 360 valence electrons. The highest BCUT2D eigenvalue weighted by atomic mass is 16.5. The summed E-state index contributed by atoms with van der Waals surface area (Å²) in [5, 5.41) is 24.4. The third kappa shape index (κ3) is 10.4. The Hall–Kier alpha value is -8.63. The number of anilines is 2. The topological polar surface area (TPSA) is 286 Å². The molecule has 1 aliphatic heterocycles. The van der Waals surface area contributed by atoms with Gasteiger partial charge in [-0.1, -0.05) is 12.2 Å². The Bertz CT molecular complexity index is 3080. The molecule has 23 heteroatoms. The van der Waals surface area contributed by atoms with Gasteiger partial charge < -0.3 is 34.3 Å². The van der Waals surface area contributed by atoms with Crippen LogP contribution in [0.4, 0.5) is 11.9 Å². The van der Waals surface area contributed by atoms with E-state index in [2.05, 4.69) is 25.8 Å². The maximum absolute atomic E-state index is 13.9. The number of aromatic carboxylic acids is 1. The molecule has 0 saturated carbocycles. The first kappa shape index (κ1) is 48.3. The second kappa shape index (κ2) is 20.5. The van der Waals surface area contributed by atoms with E-state index >= 15 is 0 Å². The summed E-state index contributed by atoms with van der Waals surface area (Å²) in [7, 11) is 2.99. The molecule has 0 atom stereocenters. The molecule has 0 saturated heterocycles.